The molecule has 0 bridgehead atoms. The van der Waals surface area contributed by atoms with Crippen LogP contribution in [-0.4, -0.2) is 31.6 Å². The van der Waals surface area contributed by atoms with E-state index in [9.17, 15) is 9.59 Å². The molecule has 0 aromatic carbocycles. The highest BCUT2D eigenvalue weighted by atomic mass is 16.2. The first-order valence-electron chi connectivity index (χ1n) is 6.29. The largest absolute Gasteiger partial charge is 0.341 e. The minimum Gasteiger partial charge on any atom is -0.341 e. The van der Waals surface area contributed by atoms with Crippen LogP contribution < -0.4 is 16.0 Å². The Morgan fingerprint density at radius 1 is 1.35 bits per heavy atom. The van der Waals surface area contributed by atoms with Gasteiger partial charge in [0.25, 0.3) is 0 Å². The topological polar surface area (TPSA) is 70.2 Å². The third kappa shape index (κ3) is 4.73. The average molecular weight is 241 g/mol. The number of amides is 3. The lowest BCUT2D eigenvalue weighted by Crippen LogP contribution is -2.48. The van der Waals surface area contributed by atoms with Crippen LogP contribution in [0.15, 0.2) is 0 Å². The molecule has 3 amide bonds. The van der Waals surface area contributed by atoms with Gasteiger partial charge in [0, 0.05) is 7.05 Å². The summed E-state index contributed by atoms with van der Waals surface area (Å²) in [6, 6.07) is -0.790. The molecular weight excluding hydrogens is 218 g/mol. The fourth-order valence-electron chi connectivity index (χ4n) is 2.23. The Balaban J connectivity index is 2.22. The molecule has 3 unspecified atom stereocenters. The van der Waals surface area contributed by atoms with E-state index in [0.717, 1.165) is 12.5 Å². The third-order valence-corrected chi connectivity index (χ3v) is 3.37. The molecule has 0 radical (unpaired) electrons. The number of imide groups is 1. The molecule has 0 heterocycles. The average Bonchev–Trinajstić information content (AvgIpc) is 2.71. The van der Waals surface area contributed by atoms with Crippen LogP contribution in [0.3, 0.4) is 0 Å². The van der Waals surface area contributed by atoms with Gasteiger partial charge in [-0.1, -0.05) is 13.3 Å². The normalized spacial score (nSPS) is 25.4. The van der Waals surface area contributed by atoms with Crippen molar-refractivity contribution in [1.82, 2.24) is 16.0 Å². The summed E-state index contributed by atoms with van der Waals surface area (Å²) in [5.74, 6) is 1.19. The van der Waals surface area contributed by atoms with Gasteiger partial charge in [-0.15, -0.1) is 0 Å². The van der Waals surface area contributed by atoms with Gasteiger partial charge in [-0.25, -0.2) is 4.79 Å². The van der Waals surface area contributed by atoms with E-state index in [1.807, 2.05) is 0 Å². The summed E-state index contributed by atoms with van der Waals surface area (Å²) < 4.78 is 0. The van der Waals surface area contributed by atoms with Crippen molar-refractivity contribution in [3.8, 4) is 0 Å². The molecule has 1 fully saturated rings. The Bertz CT molecular complexity index is 281. The number of carbonyl (C=O) groups is 2. The van der Waals surface area contributed by atoms with E-state index >= 15 is 0 Å². The molecule has 0 aromatic heterocycles. The zero-order chi connectivity index (χ0) is 12.8. The van der Waals surface area contributed by atoms with Gasteiger partial charge < -0.3 is 10.6 Å². The summed E-state index contributed by atoms with van der Waals surface area (Å²) in [4.78, 5) is 22.5. The quantitative estimate of drug-likeness (QED) is 0.683. The SMILES string of the molecule is CNC(=O)NC(=O)C(C)NCC1CCC(C)C1. The fraction of sp³-hybridized carbons (Fsp3) is 0.833. The molecule has 0 saturated heterocycles. The molecule has 0 spiro atoms. The second-order valence-corrected chi connectivity index (χ2v) is 4.98. The van der Waals surface area contributed by atoms with E-state index in [1.165, 1.54) is 26.3 Å². The molecule has 98 valence electrons. The number of nitrogens with one attached hydrogen (secondary N) is 3. The fourth-order valence-corrected chi connectivity index (χ4v) is 2.23. The summed E-state index contributed by atoms with van der Waals surface area (Å²) in [7, 11) is 1.49. The zero-order valence-electron chi connectivity index (χ0n) is 10.9. The van der Waals surface area contributed by atoms with Crippen molar-refractivity contribution in [2.45, 2.75) is 39.2 Å². The van der Waals surface area contributed by atoms with Crippen LogP contribution >= 0.6 is 0 Å². The maximum Gasteiger partial charge on any atom is 0.321 e. The van der Waals surface area contributed by atoms with Crippen LogP contribution in [0.4, 0.5) is 4.79 Å². The third-order valence-electron chi connectivity index (χ3n) is 3.37. The highest BCUT2D eigenvalue weighted by molar-refractivity contribution is 5.96. The first-order valence-corrected chi connectivity index (χ1v) is 6.29. The molecular formula is C12H23N3O2. The Hall–Kier alpha value is -1.10. The van der Waals surface area contributed by atoms with E-state index < -0.39 is 6.03 Å². The summed E-state index contributed by atoms with van der Waals surface area (Å²) in [6.45, 7) is 4.89. The molecule has 0 aromatic rings. The van der Waals surface area contributed by atoms with Gasteiger partial charge in [0.15, 0.2) is 0 Å². The van der Waals surface area contributed by atoms with Gasteiger partial charge >= 0.3 is 6.03 Å². The van der Waals surface area contributed by atoms with Crippen LogP contribution in [-0.2, 0) is 4.79 Å². The minimum absolute atomic E-state index is 0.282. The van der Waals surface area contributed by atoms with Crippen LogP contribution in [0.2, 0.25) is 0 Å². The molecule has 3 atom stereocenters. The zero-order valence-corrected chi connectivity index (χ0v) is 10.9. The lowest BCUT2D eigenvalue weighted by molar-refractivity contribution is -0.121. The van der Waals surface area contributed by atoms with Crippen molar-refractivity contribution in [3.63, 3.8) is 0 Å². The smallest absolute Gasteiger partial charge is 0.321 e. The summed E-state index contributed by atoms with van der Waals surface area (Å²) in [6.07, 6.45) is 3.75. The number of hydrogen-bond donors (Lipinski definition) is 3. The number of carbonyl (C=O) groups excluding carboxylic acids is 2. The van der Waals surface area contributed by atoms with Gasteiger partial charge in [-0.2, -0.15) is 0 Å². The molecule has 1 saturated carbocycles. The summed E-state index contributed by atoms with van der Waals surface area (Å²) in [5.41, 5.74) is 0. The maximum absolute atomic E-state index is 11.5. The molecule has 3 N–H and O–H groups in total. The minimum atomic E-state index is -0.460. The predicted octanol–water partition coefficient (Wildman–Crippen LogP) is 0.856. The Morgan fingerprint density at radius 2 is 2.06 bits per heavy atom. The van der Waals surface area contributed by atoms with E-state index in [1.54, 1.807) is 6.92 Å². The predicted molar refractivity (Wildman–Crippen MR) is 66.6 cm³/mol. The van der Waals surface area contributed by atoms with Gasteiger partial charge in [0.1, 0.15) is 0 Å². The number of rotatable bonds is 4. The van der Waals surface area contributed by atoms with Crippen LogP contribution in [0.1, 0.15) is 33.1 Å². The highest BCUT2D eigenvalue weighted by Gasteiger charge is 2.22. The van der Waals surface area contributed by atoms with E-state index in [0.29, 0.717) is 5.92 Å². The maximum atomic E-state index is 11.5. The highest BCUT2D eigenvalue weighted by Crippen LogP contribution is 2.29. The standard InChI is InChI=1S/C12H23N3O2/c1-8-4-5-10(6-8)7-14-9(2)11(16)15-12(17)13-3/h8-10,14H,4-7H2,1-3H3,(H2,13,15,16,17). The molecule has 1 rings (SSSR count). The summed E-state index contributed by atoms with van der Waals surface area (Å²) >= 11 is 0. The number of hydrogen-bond acceptors (Lipinski definition) is 3. The van der Waals surface area contributed by atoms with Crippen molar-refractivity contribution in [3.05, 3.63) is 0 Å². The molecule has 5 nitrogen and oxygen atoms in total. The van der Waals surface area contributed by atoms with Crippen LogP contribution in [0.25, 0.3) is 0 Å². The first-order chi connectivity index (χ1) is 8.02. The molecule has 5 heteroatoms. The first kappa shape index (κ1) is 14.0. The van der Waals surface area contributed by atoms with Crippen LogP contribution in [0.5, 0.6) is 0 Å². The Morgan fingerprint density at radius 3 is 2.59 bits per heavy atom. The van der Waals surface area contributed by atoms with Gasteiger partial charge in [0.2, 0.25) is 5.91 Å². The van der Waals surface area contributed by atoms with Gasteiger partial charge in [-0.05, 0) is 38.1 Å². The second-order valence-electron chi connectivity index (χ2n) is 4.98. The lowest BCUT2D eigenvalue weighted by atomic mass is 10.1. The van der Waals surface area contributed by atoms with Crippen LogP contribution in [0, 0.1) is 11.8 Å². The van der Waals surface area contributed by atoms with E-state index in [-0.39, 0.29) is 11.9 Å². The van der Waals surface area contributed by atoms with Crippen molar-refractivity contribution in [2.24, 2.45) is 11.8 Å². The van der Waals surface area contributed by atoms with Crippen molar-refractivity contribution >= 4 is 11.9 Å². The lowest BCUT2D eigenvalue weighted by Gasteiger charge is -2.16. The van der Waals surface area contributed by atoms with Crippen molar-refractivity contribution in [2.75, 3.05) is 13.6 Å². The van der Waals surface area contributed by atoms with Gasteiger partial charge in [0.05, 0.1) is 6.04 Å². The summed E-state index contributed by atoms with van der Waals surface area (Å²) in [5, 5.41) is 7.80. The monoisotopic (exact) mass is 241 g/mol. The van der Waals surface area contributed by atoms with E-state index in [2.05, 4.69) is 22.9 Å². The van der Waals surface area contributed by atoms with Crippen molar-refractivity contribution < 1.29 is 9.59 Å². The second kappa shape index (κ2) is 6.59. The van der Waals surface area contributed by atoms with Crippen molar-refractivity contribution in [1.29, 1.82) is 0 Å². The molecule has 1 aliphatic carbocycles. The molecule has 17 heavy (non-hydrogen) atoms. The molecule has 0 aliphatic heterocycles. The Kier molecular flexibility index (Phi) is 5.41. The molecule has 1 aliphatic rings. The number of urea groups is 1. The van der Waals surface area contributed by atoms with E-state index in [4.69, 9.17) is 0 Å². The van der Waals surface area contributed by atoms with Gasteiger partial charge in [-0.3, -0.25) is 10.1 Å². The Labute approximate surface area is 103 Å².